The number of aliphatic hydroxyl groups is 1. The second-order valence-electron chi connectivity index (χ2n) is 10.7. The van der Waals surface area contributed by atoms with Gasteiger partial charge >= 0.3 is 6.09 Å². The number of nitrogens with one attached hydrogen (secondary N) is 2. The van der Waals surface area contributed by atoms with Gasteiger partial charge in [-0.05, 0) is 45.7 Å². The van der Waals surface area contributed by atoms with E-state index < -0.39 is 11.2 Å². The molecule has 2 amide bonds. The molecule has 5 rings (SSSR count). The maximum absolute atomic E-state index is 13.1. The molecule has 0 aliphatic carbocycles. The zero-order chi connectivity index (χ0) is 25.5. The van der Waals surface area contributed by atoms with Crippen LogP contribution in [0, 0.1) is 0 Å². The first-order valence-corrected chi connectivity index (χ1v) is 13.2. The molecule has 0 radical (unpaired) electrons. The number of carbonyl (C=O) groups excluding carboxylic acids is 2. The zero-order valence-corrected chi connectivity index (χ0v) is 21.8. The molecular formula is C26H33N5O4S. The van der Waals surface area contributed by atoms with E-state index in [1.807, 2.05) is 56.0 Å². The third-order valence-electron chi connectivity index (χ3n) is 6.69. The summed E-state index contributed by atoms with van der Waals surface area (Å²) >= 11 is 1.53. The van der Waals surface area contributed by atoms with E-state index in [0.29, 0.717) is 57.7 Å². The number of H-pyrrole nitrogens is 1. The van der Waals surface area contributed by atoms with Crippen LogP contribution in [0.15, 0.2) is 30.3 Å². The van der Waals surface area contributed by atoms with Crippen molar-refractivity contribution >= 4 is 39.4 Å². The average Bonchev–Trinajstić information content (AvgIpc) is 3.45. The van der Waals surface area contributed by atoms with Crippen LogP contribution in [0.2, 0.25) is 0 Å². The quantitative estimate of drug-likeness (QED) is 0.488. The lowest BCUT2D eigenvalue weighted by Crippen LogP contribution is -2.50. The summed E-state index contributed by atoms with van der Waals surface area (Å²) in [4.78, 5) is 37.9. The number of ether oxygens (including phenoxy) is 1. The summed E-state index contributed by atoms with van der Waals surface area (Å²) in [6.07, 6.45) is 1.31. The van der Waals surface area contributed by atoms with Gasteiger partial charge in [-0.25, -0.2) is 9.78 Å². The molecule has 9 nitrogen and oxygen atoms in total. The lowest BCUT2D eigenvalue weighted by molar-refractivity contribution is -0.0244. The molecule has 0 unspecified atom stereocenters. The predicted molar refractivity (Wildman–Crippen MR) is 139 cm³/mol. The Hall–Kier alpha value is -3.11. The molecule has 2 aliphatic heterocycles. The van der Waals surface area contributed by atoms with Crippen molar-refractivity contribution in [3.8, 4) is 0 Å². The maximum Gasteiger partial charge on any atom is 0.410 e. The molecule has 10 heteroatoms. The summed E-state index contributed by atoms with van der Waals surface area (Å²) in [6, 6.07) is 9.78. The standard InChI is InChI=1S/C26H33N5O4S/c1-25(2,3)35-24(33)30-12-9-26(34,10-13-30)16-27-23-29-19-8-11-31(15-21(19)36-23)22(32)20-14-17-6-4-5-7-18(17)28-20/h4-7,14,28,34H,8-13,15-16H2,1-3H3,(H,27,29). The van der Waals surface area contributed by atoms with Crippen LogP contribution in [0.3, 0.4) is 0 Å². The van der Waals surface area contributed by atoms with Crippen molar-refractivity contribution in [3.63, 3.8) is 0 Å². The monoisotopic (exact) mass is 511 g/mol. The molecule has 192 valence electrons. The lowest BCUT2D eigenvalue weighted by atomic mass is 9.91. The minimum absolute atomic E-state index is 0.00850. The molecule has 1 saturated heterocycles. The number of benzene rings is 1. The summed E-state index contributed by atoms with van der Waals surface area (Å²) < 4.78 is 5.44. The SMILES string of the molecule is CC(C)(C)OC(=O)N1CCC(O)(CNc2nc3c(s2)CN(C(=O)c2cc4ccccc4[nH]2)CC3)CC1. The van der Waals surface area contributed by atoms with Crippen molar-refractivity contribution in [2.75, 3.05) is 31.5 Å². The number of rotatable bonds is 4. The molecule has 0 spiro atoms. The van der Waals surface area contributed by atoms with Gasteiger partial charge in [0.1, 0.15) is 11.3 Å². The Morgan fingerprint density at radius 3 is 2.67 bits per heavy atom. The van der Waals surface area contributed by atoms with Crippen molar-refractivity contribution in [1.82, 2.24) is 19.8 Å². The van der Waals surface area contributed by atoms with Gasteiger partial charge in [0.25, 0.3) is 5.91 Å². The van der Waals surface area contributed by atoms with Gasteiger partial charge in [0.2, 0.25) is 0 Å². The predicted octanol–water partition coefficient (Wildman–Crippen LogP) is 4.00. The van der Waals surface area contributed by atoms with Crippen molar-refractivity contribution in [1.29, 1.82) is 0 Å². The van der Waals surface area contributed by atoms with E-state index in [1.165, 1.54) is 11.3 Å². The van der Waals surface area contributed by atoms with Gasteiger partial charge in [0.05, 0.1) is 17.8 Å². The Morgan fingerprint density at radius 1 is 1.19 bits per heavy atom. The van der Waals surface area contributed by atoms with Crippen LogP contribution in [-0.4, -0.2) is 74.3 Å². The number of para-hydroxylation sites is 1. The number of carbonyl (C=O) groups is 2. The van der Waals surface area contributed by atoms with Gasteiger partial charge in [0.15, 0.2) is 5.13 Å². The van der Waals surface area contributed by atoms with Crippen molar-refractivity contribution in [2.45, 2.75) is 57.8 Å². The lowest BCUT2D eigenvalue weighted by Gasteiger charge is -2.38. The second-order valence-corrected chi connectivity index (χ2v) is 11.8. The number of hydrogen-bond donors (Lipinski definition) is 3. The number of aromatic amines is 1. The average molecular weight is 512 g/mol. The van der Waals surface area contributed by atoms with Crippen molar-refractivity contribution in [3.05, 3.63) is 46.6 Å². The summed E-state index contributed by atoms with van der Waals surface area (Å²) in [5.74, 6) is -0.00850. The van der Waals surface area contributed by atoms with Crippen LogP contribution in [0.25, 0.3) is 10.9 Å². The molecule has 0 saturated carbocycles. The highest BCUT2D eigenvalue weighted by atomic mass is 32.1. The number of nitrogens with zero attached hydrogens (tertiary/aromatic N) is 3. The summed E-state index contributed by atoms with van der Waals surface area (Å²) in [5, 5.41) is 16.1. The molecule has 3 aromatic rings. The molecule has 36 heavy (non-hydrogen) atoms. The molecule has 1 aromatic carbocycles. The second kappa shape index (κ2) is 9.40. The Morgan fingerprint density at radius 2 is 1.94 bits per heavy atom. The van der Waals surface area contributed by atoms with Gasteiger partial charge in [-0.2, -0.15) is 0 Å². The van der Waals surface area contributed by atoms with Gasteiger partial charge in [-0.3, -0.25) is 4.79 Å². The number of fused-ring (bicyclic) bond motifs is 2. The fourth-order valence-corrected chi connectivity index (χ4v) is 5.67. The normalized spacial score (nSPS) is 17.7. The van der Waals surface area contributed by atoms with E-state index in [4.69, 9.17) is 9.72 Å². The number of piperidine rings is 1. The minimum Gasteiger partial charge on any atom is -0.444 e. The van der Waals surface area contributed by atoms with Crippen LogP contribution in [0.1, 0.15) is 54.7 Å². The summed E-state index contributed by atoms with van der Waals surface area (Å²) in [7, 11) is 0. The summed E-state index contributed by atoms with van der Waals surface area (Å²) in [5.41, 5.74) is 1.11. The topological polar surface area (TPSA) is 111 Å². The van der Waals surface area contributed by atoms with Crippen LogP contribution in [-0.2, 0) is 17.7 Å². The smallest absolute Gasteiger partial charge is 0.410 e. The highest BCUT2D eigenvalue weighted by molar-refractivity contribution is 7.15. The maximum atomic E-state index is 13.1. The number of likely N-dealkylation sites (tertiary alicyclic amines) is 1. The number of aromatic nitrogens is 2. The highest BCUT2D eigenvalue weighted by Crippen LogP contribution is 2.31. The third-order valence-corrected chi connectivity index (χ3v) is 7.73. The minimum atomic E-state index is -0.914. The molecular weight excluding hydrogens is 478 g/mol. The fraction of sp³-hybridized carbons (Fsp3) is 0.500. The molecule has 0 atom stereocenters. The van der Waals surface area contributed by atoms with Gasteiger partial charge in [-0.15, -0.1) is 0 Å². The molecule has 4 heterocycles. The highest BCUT2D eigenvalue weighted by Gasteiger charge is 2.36. The summed E-state index contributed by atoms with van der Waals surface area (Å²) in [6.45, 7) is 7.95. The van der Waals surface area contributed by atoms with E-state index in [9.17, 15) is 14.7 Å². The Kier molecular flexibility index (Phi) is 6.42. The van der Waals surface area contributed by atoms with Crippen molar-refractivity contribution < 1.29 is 19.4 Å². The first-order valence-electron chi connectivity index (χ1n) is 12.4. The largest absolute Gasteiger partial charge is 0.444 e. The van der Waals surface area contributed by atoms with Gasteiger partial charge in [-0.1, -0.05) is 29.5 Å². The van der Waals surface area contributed by atoms with E-state index in [0.717, 1.165) is 26.6 Å². The Balaban J connectivity index is 1.16. The Labute approximate surface area is 214 Å². The third kappa shape index (κ3) is 5.34. The number of thiazole rings is 1. The van der Waals surface area contributed by atoms with Crippen LogP contribution < -0.4 is 5.32 Å². The van der Waals surface area contributed by atoms with E-state index in [1.54, 1.807) is 4.90 Å². The number of anilines is 1. The first-order chi connectivity index (χ1) is 17.1. The molecule has 3 N–H and O–H groups in total. The van der Waals surface area contributed by atoms with E-state index in [2.05, 4.69) is 10.3 Å². The van der Waals surface area contributed by atoms with E-state index >= 15 is 0 Å². The number of amides is 2. The van der Waals surface area contributed by atoms with E-state index in [-0.39, 0.29) is 12.0 Å². The first kappa shape index (κ1) is 24.6. The zero-order valence-electron chi connectivity index (χ0n) is 21.0. The van der Waals surface area contributed by atoms with Gasteiger partial charge in [0, 0.05) is 48.4 Å². The van der Waals surface area contributed by atoms with Crippen LogP contribution in [0.5, 0.6) is 0 Å². The molecule has 0 bridgehead atoms. The van der Waals surface area contributed by atoms with Crippen LogP contribution >= 0.6 is 11.3 Å². The molecule has 2 aliphatic rings. The molecule has 2 aromatic heterocycles. The fourth-order valence-electron chi connectivity index (χ4n) is 4.65. The Bertz CT molecular complexity index is 1240. The molecule has 1 fully saturated rings. The van der Waals surface area contributed by atoms with Gasteiger partial charge < -0.3 is 29.9 Å². The van der Waals surface area contributed by atoms with Crippen molar-refractivity contribution in [2.24, 2.45) is 0 Å². The number of hydrogen-bond acceptors (Lipinski definition) is 7. The van der Waals surface area contributed by atoms with Crippen LogP contribution in [0.4, 0.5) is 9.93 Å².